The third kappa shape index (κ3) is 5.04. The molecule has 0 unspecified atom stereocenters. The minimum absolute atomic E-state index is 0.0964. The molecule has 0 aliphatic rings. The van der Waals surface area contributed by atoms with Crippen molar-refractivity contribution in [1.29, 1.82) is 0 Å². The predicted molar refractivity (Wildman–Crippen MR) is 101 cm³/mol. The van der Waals surface area contributed by atoms with Crippen LogP contribution in [0.15, 0.2) is 59.1 Å². The Hall–Kier alpha value is -3.41. The molecule has 0 bridgehead atoms. The molecule has 0 radical (unpaired) electrons. The van der Waals surface area contributed by atoms with E-state index in [4.69, 9.17) is 14.0 Å². The molecule has 27 heavy (non-hydrogen) atoms. The summed E-state index contributed by atoms with van der Waals surface area (Å²) in [5.74, 6) is 0.795. The second kappa shape index (κ2) is 8.80. The number of carbonyl (C=O) groups excluding carboxylic acids is 1. The molecule has 138 valence electrons. The number of esters is 1. The van der Waals surface area contributed by atoms with Crippen molar-refractivity contribution in [3.63, 3.8) is 0 Å². The summed E-state index contributed by atoms with van der Waals surface area (Å²) in [5, 5.41) is 3.93. The molecular weight excluding hydrogens is 344 g/mol. The molecule has 6 heteroatoms. The van der Waals surface area contributed by atoms with Gasteiger partial charge in [0.1, 0.15) is 5.75 Å². The van der Waals surface area contributed by atoms with Crippen LogP contribution in [0.3, 0.4) is 0 Å². The third-order valence-electron chi connectivity index (χ3n) is 3.72. The summed E-state index contributed by atoms with van der Waals surface area (Å²) in [6, 6.07) is 15.2. The van der Waals surface area contributed by atoms with Crippen molar-refractivity contribution in [3.05, 3.63) is 71.6 Å². The average Bonchev–Trinajstić information content (AvgIpc) is 3.15. The lowest BCUT2D eigenvalue weighted by Crippen LogP contribution is -2.01. The number of ether oxygens (including phenoxy) is 2. The van der Waals surface area contributed by atoms with Gasteiger partial charge in [-0.25, -0.2) is 4.79 Å². The van der Waals surface area contributed by atoms with Crippen LogP contribution in [0.4, 0.5) is 0 Å². The van der Waals surface area contributed by atoms with Crippen molar-refractivity contribution in [2.24, 2.45) is 0 Å². The van der Waals surface area contributed by atoms with Crippen LogP contribution in [-0.4, -0.2) is 22.7 Å². The maximum absolute atomic E-state index is 11.9. The Morgan fingerprint density at radius 2 is 1.93 bits per heavy atom. The van der Waals surface area contributed by atoms with E-state index in [1.807, 2.05) is 62.4 Å². The highest BCUT2D eigenvalue weighted by molar-refractivity contribution is 5.87. The number of aryl methyl sites for hydroxylation is 1. The van der Waals surface area contributed by atoms with Gasteiger partial charge in [-0.15, -0.1) is 0 Å². The fraction of sp³-hybridized carbons (Fsp3) is 0.190. The molecule has 6 nitrogen and oxygen atoms in total. The van der Waals surface area contributed by atoms with Crippen LogP contribution in [0.1, 0.15) is 23.9 Å². The molecule has 0 aliphatic carbocycles. The maximum atomic E-state index is 11.9. The van der Waals surface area contributed by atoms with Crippen LogP contribution in [0.2, 0.25) is 0 Å². The molecule has 0 saturated heterocycles. The highest BCUT2D eigenvalue weighted by Crippen LogP contribution is 2.27. The van der Waals surface area contributed by atoms with E-state index in [2.05, 4.69) is 10.1 Å². The summed E-state index contributed by atoms with van der Waals surface area (Å²) >= 11 is 0. The van der Waals surface area contributed by atoms with Crippen molar-refractivity contribution in [3.8, 4) is 17.1 Å². The lowest BCUT2D eigenvalue weighted by atomic mass is 10.1. The largest absolute Gasteiger partial charge is 0.493 e. The molecule has 0 aliphatic heterocycles. The van der Waals surface area contributed by atoms with Gasteiger partial charge in [-0.1, -0.05) is 47.1 Å². The molecule has 0 saturated carbocycles. The Morgan fingerprint density at radius 1 is 1.15 bits per heavy atom. The van der Waals surface area contributed by atoms with Crippen molar-refractivity contribution < 1.29 is 18.8 Å². The highest BCUT2D eigenvalue weighted by atomic mass is 16.6. The van der Waals surface area contributed by atoms with Gasteiger partial charge in [0.15, 0.2) is 6.61 Å². The summed E-state index contributed by atoms with van der Waals surface area (Å²) in [6.45, 7) is 4.35. The van der Waals surface area contributed by atoms with E-state index in [9.17, 15) is 4.79 Å². The first-order chi connectivity index (χ1) is 13.2. The number of rotatable bonds is 7. The topological polar surface area (TPSA) is 74.5 Å². The van der Waals surface area contributed by atoms with Gasteiger partial charge >= 0.3 is 5.97 Å². The zero-order chi connectivity index (χ0) is 19.1. The van der Waals surface area contributed by atoms with Crippen LogP contribution >= 0.6 is 0 Å². The number of hydrogen-bond acceptors (Lipinski definition) is 6. The first-order valence-electron chi connectivity index (χ1n) is 8.62. The summed E-state index contributed by atoms with van der Waals surface area (Å²) in [5.41, 5.74) is 2.80. The molecule has 2 aromatic carbocycles. The van der Waals surface area contributed by atoms with Gasteiger partial charge in [0.05, 0.1) is 12.2 Å². The van der Waals surface area contributed by atoms with Crippen LogP contribution in [0.5, 0.6) is 5.75 Å². The second-order valence-corrected chi connectivity index (χ2v) is 5.79. The van der Waals surface area contributed by atoms with Crippen LogP contribution in [-0.2, 0) is 16.1 Å². The molecule has 0 N–H and O–H groups in total. The highest BCUT2D eigenvalue weighted by Gasteiger charge is 2.14. The first kappa shape index (κ1) is 18.4. The second-order valence-electron chi connectivity index (χ2n) is 5.79. The Labute approximate surface area is 157 Å². The number of nitrogens with zero attached hydrogens (tertiary/aromatic N) is 2. The lowest BCUT2D eigenvalue weighted by molar-refractivity contribution is -0.139. The third-order valence-corrected chi connectivity index (χ3v) is 3.72. The predicted octanol–water partition coefficient (Wildman–Crippen LogP) is 4.20. The van der Waals surface area contributed by atoms with Gasteiger partial charge in [-0.05, 0) is 37.6 Å². The van der Waals surface area contributed by atoms with E-state index in [-0.39, 0.29) is 12.5 Å². The van der Waals surface area contributed by atoms with Crippen LogP contribution < -0.4 is 4.74 Å². The minimum Gasteiger partial charge on any atom is -0.493 e. The zero-order valence-corrected chi connectivity index (χ0v) is 15.2. The summed E-state index contributed by atoms with van der Waals surface area (Å²) in [6.07, 6.45) is 3.06. The lowest BCUT2D eigenvalue weighted by Gasteiger charge is -2.05. The summed E-state index contributed by atoms with van der Waals surface area (Å²) in [7, 11) is 0. The van der Waals surface area contributed by atoms with Crippen LogP contribution in [0, 0.1) is 6.92 Å². The van der Waals surface area contributed by atoms with Gasteiger partial charge in [0.25, 0.3) is 5.89 Å². The zero-order valence-electron chi connectivity index (χ0n) is 15.2. The maximum Gasteiger partial charge on any atom is 0.331 e. The molecule has 3 aromatic rings. The summed E-state index contributed by atoms with van der Waals surface area (Å²) < 4.78 is 15.9. The molecular formula is C21H20N2O4. The Balaban J connectivity index is 1.59. The molecule has 0 atom stereocenters. The fourth-order valence-electron chi connectivity index (χ4n) is 2.38. The monoisotopic (exact) mass is 364 g/mol. The van der Waals surface area contributed by atoms with E-state index in [1.54, 1.807) is 6.08 Å². The van der Waals surface area contributed by atoms with Crippen molar-refractivity contribution in [2.75, 3.05) is 6.61 Å². The average molecular weight is 364 g/mol. The Bertz CT molecular complexity index is 929. The number of para-hydroxylation sites is 1. The van der Waals surface area contributed by atoms with E-state index in [1.165, 1.54) is 6.08 Å². The van der Waals surface area contributed by atoms with Gasteiger partial charge in [-0.2, -0.15) is 4.98 Å². The molecule has 1 heterocycles. The van der Waals surface area contributed by atoms with Crippen molar-refractivity contribution in [1.82, 2.24) is 10.1 Å². The number of carbonyl (C=O) groups is 1. The normalized spacial score (nSPS) is 10.9. The Morgan fingerprint density at radius 3 is 2.70 bits per heavy atom. The quantitative estimate of drug-likeness (QED) is 0.462. The van der Waals surface area contributed by atoms with Crippen molar-refractivity contribution >= 4 is 12.0 Å². The minimum atomic E-state index is -0.481. The molecule has 1 aromatic heterocycles. The van der Waals surface area contributed by atoms with Gasteiger partial charge in [0, 0.05) is 6.08 Å². The molecule has 0 amide bonds. The first-order valence-corrected chi connectivity index (χ1v) is 8.62. The van der Waals surface area contributed by atoms with Crippen molar-refractivity contribution in [2.45, 2.75) is 20.5 Å². The standard InChI is InChI=1S/C21H20N2O4/c1-3-25-18-7-5-4-6-17(18)21-22-19(27-23-21)14-26-20(24)13-12-16-10-8-15(2)9-11-16/h4-13H,3,14H2,1-2H3/b13-12+. The summed E-state index contributed by atoms with van der Waals surface area (Å²) in [4.78, 5) is 16.1. The number of hydrogen-bond donors (Lipinski definition) is 0. The number of aromatic nitrogens is 2. The fourth-order valence-corrected chi connectivity index (χ4v) is 2.38. The van der Waals surface area contributed by atoms with E-state index < -0.39 is 5.97 Å². The van der Waals surface area contributed by atoms with E-state index in [0.29, 0.717) is 18.2 Å². The van der Waals surface area contributed by atoms with Crippen LogP contribution in [0.25, 0.3) is 17.5 Å². The molecule has 0 spiro atoms. The molecule has 0 fully saturated rings. The smallest absolute Gasteiger partial charge is 0.331 e. The van der Waals surface area contributed by atoms with Gasteiger partial charge in [-0.3, -0.25) is 0 Å². The van der Waals surface area contributed by atoms with Gasteiger partial charge < -0.3 is 14.0 Å². The SMILES string of the molecule is CCOc1ccccc1-c1noc(COC(=O)/C=C/c2ccc(C)cc2)n1. The van der Waals surface area contributed by atoms with E-state index >= 15 is 0 Å². The molecule has 3 rings (SSSR count). The Kier molecular flexibility index (Phi) is 5.99. The van der Waals surface area contributed by atoms with Gasteiger partial charge in [0.2, 0.25) is 5.82 Å². The van der Waals surface area contributed by atoms with E-state index in [0.717, 1.165) is 16.7 Å². The number of benzene rings is 2.